The highest BCUT2D eigenvalue weighted by atomic mass is 16.3. The van der Waals surface area contributed by atoms with Gasteiger partial charge in [0, 0.05) is 23.5 Å². The van der Waals surface area contributed by atoms with Gasteiger partial charge < -0.3 is 4.42 Å². The molecular weight excluding hydrogens is 284 g/mol. The summed E-state index contributed by atoms with van der Waals surface area (Å²) in [6, 6.07) is 8.26. The Morgan fingerprint density at radius 3 is 2.09 bits per heavy atom. The molecule has 0 aliphatic rings. The first-order valence-electron chi connectivity index (χ1n) is 8.02. The Morgan fingerprint density at radius 2 is 1.52 bits per heavy atom. The molecule has 0 N–H and O–H groups in total. The predicted octanol–water partition coefficient (Wildman–Crippen LogP) is 5.48. The van der Waals surface area contributed by atoms with Crippen LogP contribution in [0.15, 0.2) is 41.1 Å². The maximum absolute atomic E-state index is 6.14. The molecule has 1 aromatic carbocycles. The second-order valence-electron chi connectivity index (χ2n) is 8.13. The molecule has 3 aromatic rings. The number of nitrogens with zero attached hydrogens (tertiary/aromatic N) is 2. The Hall–Kier alpha value is -2.16. The summed E-state index contributed by atoms with van der Waals surface area (Å²) in [5.41, 5.74) is 5.32. The minimum atomic E-state index is -0.00540. The first kappa shape index (κ1) is 15.7. The van der Waals surface area contributed by atoms with E-state index in [4.69, 9.17) is 9.40 Å². The molecule has 0 fully saturated rings. The summed E-state index contributed by atoms with van der Waals surface area (Å²) in [6.45, 7) is 13.3. The van der Waals surface area contributed by atoms with Gasteiger partial charge in [0.05, 0.1) is 0 Å². The van der Waals surface area contributed by atoms with Crippen molar-refractivity contribution in [3.05, 3.63) is 47.8 Å². The van der Waals surface area contributed by atoms with E-state index in [0.717, 1.165) is 16.7 Å². The third-order valence-corrected chi connectivity index (χ3v) is 4.09. The van der Waals surface area contributed by atoms with Crippen LogP contribution in [0.3, 0.4) is 0 Å². The molecule has 0 saturated heterocycles. The molecule has 3 nitrogen and oxygen atoms in total. The lowest BCUT2D eigenvalue weighted by Gasteiger charge is -2.24. The molecule has 0 saturated carbocycles. The monoisotopic (exact) mass is 308 g/mol. The normalized spacial score (nSPS) is 12.8. The van der Waals surface area contributed by atoms with Crippen LogP contribution < -0.4 is 0 Å². The molecule has 0 aliphatic heterocycles. The van der Waals surface area contributed by atoms with Gasteiger partial charge in [-0.05, 0) is 34.6 Å². The number of rotatable bonds is 1. The second kappa shape index (κ2) is 5.19. The number of aromatic nitrogens is 2. The van der Waals surface area contributed by atoms with Crippen LogP contribution in [-0.4, -0.2) is 9.97 Å². The maximum atomic E-state index is 6.14. The highest BCUT2D eigenvalue weighted by Gasteiger charge is 2.25. The van der Waals surface area contributed by atoms with Gasteiger partial charge in [0.15, 0.2) is 5.58 Å². The van der Waals surface area contributed by atoms with E-state index in [-0.39, 0.29) is 10.8 Å². The molecule has 0 atom stereocenters. The first-order chi connectivity index (χ1) is 10.7. The topological polar surface area (TPSA) is 38.9 Å². The molecule has 3 rings (SSSR count). The van der Waals surface area contributed by atoms with Crippen molar-refractivity contribution in [2.45, 2.75) is 52.4 Å². The molecule has 23 heavy (non-hydrogen) atoms. The van der Waals surface area contributed by atoms with Crippen molar-refractivity contribution in [3.63, 3.8) is 0 Å². The van der Waals surface area contributed by atoms with Crippen LogP contribution >= 0.6 is 0 Å². The number of fused-ring (bicyclic) bond motifs is 1. The summed E-state index contributed by atoms with van der Waals surface area (Å²) in [5, 5.41) is 0. The maximum Gasteiger partial charge on any atom is 0.227 e. The SMILES string of the molecule is CC(C)(C)c1cc(C(C)(C)C)c2oc(-c3ccncc3)nc2c1. The van der Waals surface area contributed by atoms with Gasteiger partial charge in [-0.15, -0.1) is 0 Å². The van der Waals surface area contributed by atoms with Gasteiger partial charge in [-0.2, -0.15) is 0 Å². The van der Waals surface area contributed by atoms with Crippen molar-refractivity contribution in [2.75, 3.05) is 0 Å². The van der Waals surface area contributed by atoms with Crippen LogP contribution in [0.4, 0.5) is 0 Å². The molecule has 3 heteroatoms. The molecule has 0 amide bonds. The molecule has 0 bridgehead atoms. The minimum absolute atomic E-state index is 0.00540. The molecule has 0 unspecified atom stereocenters. The van der Waals surface area contributed by atoms with E-state index >= 15 is 0 Å². The van der Waals surface area contributed by atoms with E-state index < -0.39 is 0 Å². The van der Waals surface area contributed by atoms with E-state index in [2.05, 4.69) is 58.7 Å². The van der Waals surface area contributed by atoms with Gasteiger partial charge in [-0.3, -0.25) is 4.98 Å². The van der Waals surface area contributed by atoms with Crippen molar-refractivity contribution >= 4 is 11.1 Å². The molecule has 2 aromatic heterocycles. The third kappa shape index (κ3) is 3.00. The van der Waals surface area contributed by atoms with Gasteiger partial charge in [-0.25, -0.2) is 4.98 Å². The first-order valence-corrected chi connectivity index (χ1v) is 8.02. The second-order valence-corrected chi connectivity index (χ2v) is 8.13. The van der Waals surface area contributed by atoms with Crippen LogP contribution in [0, 0.1) is 0 Å². The van der Waals surface area contributed by atoms with Gasteiger partial charge in [0.25, 0.3) is 0 Å². The number of oxazole rings is 1. The molecule has 120 valence electrons. The lowest BCUT2D eigenvalue weighted by atomic mass is 9.80. The molecule has 0 spiro atoms. The number of benzene rings is 1. The Balaban J connectivity index is 2.28. The van der Waals surface area contributed by atoms with Gasteiger partial charge in [0.1, 0.15) is 5.52 Å². The molecule has 0 radical (unpaired) electrons. The fourth-order valence-electron chi connectivity index (χ4n) is 2.64. The van der Waals surface area contributed by atoms with Crippen LogP contribution in [0.2, 0.25) is 0 Å². The third-order valence-electron chi connectivity index (χ3n) is 4.09. The van der Waals surface area contributed by atoms with E-state index in [0.29, 0.717) is 5.89 Å². The van der Waals surface area contributed by atoms with Crippen LogP contribution in [0.25, 0.3) is 22.6 Å². The summed E-state index contributed by atoms with van der Waals surface area (Å²) < 4.78 is 6.14. The van der Waals surface area contributed by atoms with Crippen LogP contribution in [-0.2, 0) is 10.8 Å². The van der Waals surface area contributed by atoms with Crippen LogP contribution in [0.5, 0.6) is 0 Å². The van der Waals surface area contributed by atoms with Crippen molar-refractivity contribution in [1.29, 1.82) is 0 Å². The Bertz CT molecular complexity index is 834. The highest BCUT2D eigenvalue weighted by Crippen LogP contribution is 2.37. The zero-order valence-electron chi connectivity index (χ0n) is 14.8. The fraction of sp³-hybridized carbons (Fsp3) is 0.400. The van der Waals surface area contributed by atoms with E-state index in [1.807, 2.05) is 12.1 Å². The standard InChI is InChI=1S/C20H24N2O/c1-19(2,3)14-11-15(20(4,5)6)17-16(12-14)22-18(23-17)13-7-9-21-10-8-13/h7-12H,1-6H3. The number of hydrogen-bond donors (Lipinski definition) is 0. The Labute approximate surface area is 137 Å². The lowest BCUT2D eigenvalue weighted by molar-refractivity contribution is 0.552. The lowest BCUT2D eigenvalue weighted by Crippen LogP contribution is -2.16. The highest BCUT2D eigenvalue weighted by molar-refractivity contribution is 5.81. The molecular formula is C20H24N2O. The van der Waals surface area contributed by atoms with Gasteiger partial charge >= 0.3 is 0 Å². The summed E-state index contributed by atoms with van der Waals surface area (Å²) in [6.07, 6.45) is 3.52. The number of hydrogen-bond acceptors (Lipinski definition) is 3. The van der Waals surface area contributed by atoms with E-state index in [9.17, 15) is 0 Å². The smallest absolute Gasteiger partial charge is 0.227 e. The minimum Gasteiger partial charge on any atom is -0.436 e. The zero-order valence-corrected chi connectivity index (χ0v) is 14.8. The molecule has 0 aliphatic carbocycles. The van der Waals surface area contributed by atoms with Crippen molar-refractivity contribution in [2.24, 2.45) is 0 Å². The van der Waals surface area contributed by atoms with Crippen molar-refractivity contribution in [1.82, 2.24) is 9.97 Å². The van der Waals surface area contributed by atoms with Crippen LogP contribution in [0.1, 0.15) is 52.7 Å². The molecule has 2 heterocycles. The average molecular weight is 308 g/mol. The Morgan fingerprint density at radius 1 is 0.870 bits per heavy atom. The quantitative estimate of drug-likeness (QED) is 0.597. The van der Waals surface area contributed by atoms with Crippen molar-refractivity contribution in [3.8, 4) is 11.5 Å². The summed E-state index contributed by atoms with van der Waals surface area (Å²) in [7, 11) is 0. The summed E-state index contributed by atoms with van der Waals surface area (Å²) in [5.74, 6) is 0.652. The summed E-state index contributed by atoms with van der Waals surface area (Å²) >= 11 is 0. The van der Waals surface area contributed by atoms with E-state index in [1.165, 1.54) is 11.1 Å². The van der Waals surface area contributed by atoms with Gasteiger partial charge in [-0.1, -0.05) is 47.6 Å². The number of pyridine rings is 1. The fourth-order valence-corrected chi connectivity index (χ4v) is 2.64. The van der Waals surface area contributed by atoms with E-state index in [1.54, 1.807) is 12.4 Å². The largest absolute Gasteiger partial charge is 0.436 e. The zero-order chi connectivity index (χ0) is 16.8. The Kier molecular flexibility index (Phi) is 3.55. The predicted molar refractivity (Wildman–Crippen MR) is 94.6 cm³/mol. The summed E-state index contributed by atoms with van der Waals surface area (Å²) in [4.78, 5) is 8.80. The van der Waals surface area contributed by atoms with Gasteiger partial charge in [0.2, 0.25) is 5.89 Å². The average Bonchev–Trinajstić information content (AvgIpc) is 2.89. The van der Waals surface area contributed by atoms with Crippen molar-refractivity contribution < 1.29 is 4.42 Å².